The summed E-state index contributed by atoms with van der Waals surface area (Å²) in [4.78, 5) is 17.1. The van der Waals surface area contributed by atoms with Gasteiger partial charge in [0.05, 0.1) is 17.1 Å². The van der Waals surface area contributed by atoms with Gasteiger partial charge in [-0.25, -0.2) is 9.37 Å². The number of halogens is 1. The molecule has 3 heterocycles. The van der Waals surface area contributed by atoms with Crippen molar-refractivity contribution in [3.05, 3.63) is 59.7 Å². The van der Waals surface area contributed by atoms with Crippen molar-refractivity contribution < 1.29 is 13.7 Å². The lowest BCUT2D eigenvalue weighted by atomic mass is 10.0. The molecule has 1 aromatic carbocycles. The monoisotopic (exact) mass is 351 g/mol. The van der Waals surface area contributed by atoms with E-state index in [1.165, 1.54) is 10.7 Å². The fourth-order valence-electron chi connectivity index (χ4n) is 2.77. The first-order valence-electron chi connectivity index (χ1n) is 7.86. The number of hydrogen-bond acceptors (Lipinski definition) is 5. The third kappa shape index (κ3) is 2.61. The van der Waals surface area contributed by atoms with Gasteiger partial charge in [0.25, 0.3) is 11.6 Å². The quantitative estimate of drug-likeness (QED) is 0.612. The smallest absolute Gasteiger partial charge is 0.259 e. The van der Waals surface area contributed by atoms with Crippen LogP contribution in [0.2, 0.25) is 0 Å². The van der Waals surface area contributed by atoms with Crippen LogP contribution in [0.1, 0.15) is 16.1 Å². The van der Waals surface area contributed by atoms with Crippen LogP contribution in [0, 0.1) is 12.7 Å². The minimum Gasteiger partial charge on any atom is -0.335 e. The lowest BCUT2D eigenvalue weighted by Crippen LogP contribution is -2.15. The molecule has 4 rings (SSSR count). The van der Waals surface area contributed by atoms with Gasteiger partial charge in [0.15, 0.2) is 0 Å². The molecule has 1 amide bonds. The van der Waals surface area contributed by atoms with Gasteiger partial charge in [-0.1, -0.05) is 17.3 Å². The highest BCUT2D eigenvalue weighted by Crippen LogP contribution is 2.32. The van der Waals surface area contributed by atoms with Crippen LogP contribution in [0.5, 0.6) is 0 Å². The van der Waals surface area contributed by atoms with Crippen molar-refractivity contribution in [1.82, 2.24) is 19.9 Å². The summed E-state index contributed by atoms with van der Waals surface area (Å²) in [5.74, 6) is -0.312. The molecular formula is C18H14FN5O2. The molecule has 1 N–H and O–H groups in total. The van der Waals surface area contributed by atoms with Gasteiger partial charge in [-0.3, -0.25) is 9.48 Å². The van der Waals surface area contributed by atoms with Crippen LogP contribution in [0.4, 0.5) is 10.2 Å². The first kappa shape index (κ1) is 15.9. The average Bonchev–Trinajstić information content (AvgIpc) is 3.21. The molecule has 26 heavy (non-hydrogen) atoms. The van der Waals surface area contributed by atoms with E-state index >= 15 is 0 Å². The highest BCUT2D eigenvalue weighted by Gasteiger charge is 2.22. The second kappa shape index (κ2) is 6.07. The maximum Gasteiger partial charge on any atom is 0.259 e. The number of anilines is 1. The number of nitrogens with one attached hydrogen (secondary N) is 1. The first-order chi connectivity index (χ1) is 12.5. The molecule has 0 fully saturated rings. The molecule has 0 aliphatic carbocycles. The Hall–Kier alpha value is -3.55. The van der Waals surface area contributed by atoms with Crippen molar-refractivity contribution >= 4 is 22.8 Å². The van der Waals surface area contributed by atoms with Gasteiger partial charge in [-0.05, 0) is 25.1 Å². The molecule has 0 unspecified atom stereocenters. The summed E-state index contributed by atoms with van der Waals surface area (Å²) in [6, 6.07) is 9.47. The molecule has 0 saturated carbocycles. The standard InChI is InChI=1S/C18H14FN5O2/c1-10-9-12(17(25)22-14-7-8-20-24(14)2)15-16(23-26-18(15)21-10)11-5-3-4-6-13(11)19/h3-9H,1-2H3,(H,22,25). The molecular weight excluding hydrogens is 337 g/mol. The normalized spacial score (nSPS) is 11.0. The second-order valence-electron chi connectivity index (χ2n) is 5.80. The van der Waals surface area contributed by atoms with Gasteiger partial charge in [0.1, 0.15) is 17.3 Å². The largest absolute Gasteiger partial charge is 0.335 e. The van der Waals surface area contributed by atoms with E-state index in [0.717, 1.165) is 0 Å². The van der Waals surface area contributed by atoms with Gasteiger partial charge >= 0.3 is 0 Å². The van der Waals surface area contributed by atoms with Crippen LogP contribution in [-0.2, 0) is 7.05 Å². The Bertz CT molecular complexity index is 1130. The summed E-state index contributed by atoms with van der Waals surface area (Å²) in [6.45, 7) is 1.74. The van der Waals surface area contributed by atoms with Crippen molar-refractivity contribution in [1.29, 1.82) is 0 Å². The number of aryl methyl sites for hydroxylation is 2. The molecule has 8 heteroatoms. The SMILES string of the molecule is Cc1cc(C(=O)Nc2ccnn2C)c2c(-c3ccccc3F)noc2n1. The van der Waals surface area contributed by atoms with E-state index < -0.39 is 5.82 Å². The molecule has 0 atom stereocenters. The minimum atomic E-state index is -0.457. The Morgan fingerprint density at radius 1 is 1.27 bits per heavy atom. The van der Waals surface area contributed by atoms with Gasteiger partial charge in [-0.2, -0.15) is 5.10 Å². The molecule has 3 aromatic heterocycles. The molecule has 0 saturated heterocycles. The van der Waals surface area contributed by atoms with E-state index in [1.807, 2.05) is 0 Å². The number of carbonyl (C=O) groups excluding carboxylic acids is 1. The van der Waals surface area contributed by atoms with Crippen molar-refractivity contribution in [3.63, 3.8) is 0 Å². The molecule has 4 aromatic rings. The van der Waals surface area contributed by atoms with Crippen LogP contribution in [0.25, 0.3) is 22.4 Å². The Kier molecular flexibility index (Phi) is 3.72. The Labute approximate surface area is 147 Å². The van der Waals surface area contributed by atoms with Crippen LogP contribution in [0.3, 0.4) is 0 Å². The van der Waals surface area contributed by atoms with Gasteiger partial charge in [-0.15, -0.1) is 0 Å². The Morgan fingerprint density at radius 3 is 2.81 bits per heavy atom. The lowest BCUT2D eigenvalue weighted by molar-refractivity contribution is 0.102. The van der Waals surface area contributed by atoms with Crippen molar-refractivity contribution in [2.75, 3.05) is 5.32 Å². The molecule has 0 spiro atoms. The van der Waals surface area contributed by atoms with Crippen LogP contribution >= 0.6 is 0 Å². The third-order valence-electron chi connectivity index (χ3n) is 4.01. The molecule has 0 radical (unpaired) electrons. The number of carbonyl (C=O) groups is 1. The number of amides is 1. The zero-order chi connectivity index (χ0) is 18.3. The van der Waals surface area contributed by atoms with Gasteiger partial charge in [0, 0.05) is 24.4 Å². The highest BCUT2D eigenvalue weighted by atomic mass is 19.1. The fraction of sp³-hybridized carbons (Fsp3) is 0.111. The van der Waals surface area contributed by atoms with Crippen LogP contribution in [-0.4, -0.2) is 25.8 Å². The zero-order valence-electron chi connectivity index (χ0n) is 14.0. The highest BCUT2D eigenvalue weighted by molar-refractivity contribution is 6.14. The van der Waals surface area contributed by atoms with E-state index in [1.54, 1.807) is 50.5 Å². The van der Waals surface area contributed by atoms with Crippen LogP contribution < -0.4 is 5.32 Å². The molecule has 0 bridgehead atoms. The Balaban J connectivity index is 1.89. The van der Waals surface area contributed by atoms with Gasteiger partial charge < -0.3 is 9.84 Å². The third-order valence-corrected chi connectivity index (χ3v) is 4.01. The molecule has 0 aliphatic heterocycles. The summed E-state index contributed by atoms with van der Waals surface area (Å²) in [7, 11) is 1.72. The van der Waals surface area contributed by atoms with Crippen molar-refractivity contribution in [3.8, 4) is 11.3 Å². The fourth-order valence-corrected chi connectivity index (χ4v) is 2.77. The molecule has 0 aliphatic rings. The van der Waals surface area contributed by atoms with Gasteiger partial charge in [0.2, 0.25) is 0 Å². The van der Waals surface area contributed by atoms with Crippen LogP contribution in [0.15, 0.2) is 47.1 Å². The summed E-state index contributed by atoms with van der Waals surface area (Å²) >= 11 is 0. The lowest BCUT2D eigenvalue weighted by Gasteiger charge is -2.08. The second-order valence-corrected chi connectivity index (χ2v) is 5.80. The number of benzene rings is 1. The summed E-state index contributed by atoms with van der Waals surface area (Å²) < 4.78 is 21.0. The summed E-state index contributed by atoms with van der Waals surface area (Å²) in [5.41, 5.74) is 1.54. The van der Waals surface area contributed by atoms with E-state index in [2.05, 4.69) is 20.6 Å². The number of fused-ring (bicyclic) bond motifs is 1. The molecule has 7 nitrogen and oxygen atoms in total. The predicted molar refractivity (Wildman–Crippen MR) is 93.1 cm³/mol. The Morgan fingerprint density at radius 2 is 2.08 bits per heavy atom. The maximum absolute atomic E-state index is 14.2. The number of nitrogens with zero attached hydrogens (tertiary/aromatic N) is 4. The zero-order valence-corrected chi connectivity index (χ0v) is 14.0. The predicted octanol–water partition coefficient (Wildman–Crippen LogP) is 3.32. The van der Waals surface area contributed by atoms with Crippen molar-refractivity contribution in [2.24, 2.45) is 7.05 Å². The maximum atomic E-state index is 14.2. The minimum absolute atomic E-state index is 0.179. The summed E-state index contributed by atoms with van der Waals surface area (Å²) in [6.07, 6.45) is 1.58. The number of hydrogen-bond donors (Lipinski definition) is 1. The van der Waals surface area contributed by atoms with E-state index in [-0.39, 0.29) is 22.9 Å². The number of aromatic nitrogens is 4. The first-order valence-corrected chi connectivity index (χ1v) is 7.86. The summed E-state index contributed by atoms with van der Waals surface area (Å²) in [5, 5.41) is 11.1. The van der Waals surface area contributed by atoms with E-state index in [9.17, 15) is 9.18 Å². The molecule has 130 valence electrons. The van der Waals surface area contributed by atoms with E-state index in [0.29, 0.717) is 22.5 Å². The van der Waals surface area contributed by atoms with Crippen molar-refractivity contribution in [2.45, 2.75) is 6.92 Å². The number of pyridine rings is 1. The topological polar surface area (TPSA) is 85.8 Å². The van der Waals surface area contributed by atoms with E-state index in [4.69, 9.17) is 4.52 Å². The average molecular weight is 351 g/mol. The number of rotatable bonds is 3.